The number of rotatable bonds is 5. The van der Waals surface area contributed by atoms with Crippen LogP contribution in [-0.2, 0) is 0 Å². The van der Waals surface area contributed by atoms with E-state index in [1.54, 1.807) is 43.7 Å². The third kappa shape index (κ3) is 4.29. The van der Waals surface area contributed by atoms with Crippen molar-refractivity contribution in [2.45, 2.75) is 0 Å². The Morgan fingerprint density at radius 3 is 2.42 bits per heavy atom. The summed E-state index contributed by atoms with van der Waals surface area (Å²) in [5, 5.41) is 0. The number of amides is 1. The van der Waals surface area contributed by atoms with Crippen LogP contribution in [-0.4, -0.2) is 27.9 Å². The molecule has 7 heteroatoms. The van der Waals surface area contributed by atoms with E-state index < -0.39 is 0 Å². The second-order valence-electron chi connectivity index (χ2n) is 7.46. The number of aromatic amines is 1. The van der Waals surface area contributed by atoms with Gasteiger partial charge in [0, 0.05) is 18.2 Å². The molecule has 1 amide bonds. The number of nitrogens with one attached hydrogen (secondary N) is 1. The van der Waals surface area contributed by atoms with E-state index in [-0.39, 0.29) is 11.7 Å². The number of imidazole rings is 1. The van der Waals surface area contributed by atoms with Crippen molar-refractivity contribution in [1.29, 1.82) is 0 Å². The summed E-state index contributed by atoms with van der Waals surface area (Å²) in [5.74, 6) is 1.24. The quantitative estimate of drug-likeness (QED) is 0.375. The molecule has 2 aromatic heterocycles. The zero-order chi connectivity index (χ0) is 22.8. The number of hydrogen-bond donors (Lipinski definition) is 1. The zero-order valence-electron chi connectivity index (χ0n) is 17.7. The van der Waals surface area contributed by atoms with Gasteiger partial charge in [0.1, 0.15) is 23.1 Å². The highest BCUT2D eigenvalue weighted by atomic mass is 19.1. The van der Waals surface area contributed by atoms with Crippen LogP contribution >= 0.6 is 0 Å². The third-order valence-corrected chi connectivity index (χ3v) is 5.25. The molecule has 5 aromatic rings. The van der Waals surface area contributed by atoms with E-state index in [0.717, 1.165) is 22.3 Å². The molecule has 0 atom stereocenters. The fraction of sp³-hybridized carbons (Fsp3) is 0.0385. The van der Waals surface area contributed by atoms with Gasteiger partial charge in [-0.1, -0.05) is 6.07 Å². The molecule has 0 spiro atoms. The number of anilines is 1. The van der Waals surface area contributed by atoms with Crippen molar-refractivity contribution in [3.05, 3.63) is 103 Å². The van der Waals surface area contributed by atoms with Crippen molar-refractivity contribution >= 4 is 22.8 Å². The van der Waals surface area contributed by atoms with Crippen molar-refractivity contribution in [2.24, 2.45) is 0 Å². The Balaban J connectivity index is 1.34. The molecule has 0 aliphatic rings. The smallest absolute Gasteiger partial charge is 0.259 e. The van der Waals surface area contributed by atoms with Crippen molar-refractivity contribution in [3.63, 3.8) is 0 Å². The molecule has 0 aliphatic heterocycles. The largest absolute Gasteiger partial charge is 0.457 e. The summed E-state index contributed by atoms with van der Waals surface area (Å²) < 4.78 is 18.8. The van der Waals surface area contributed by atoms with E-state index in [1.807, 2.05) is 42.5 Å². The van der Waals surface area contributed by atoms with Crippen LogP contribution in [0.2, 0.25) is 0 Å². The predicted molar refractivity (Wildman–Crippen MR) is 125 cm³/mol. The molecule has 0 fully saturated rings. The van der Waals surface area contributed by atoms with Crippen LogP contribution in [0.15, 0.2) is 91.3 Å². The average Bonchev–Trinajstić information content (AvgIpc) is 3.33. The van der Waals surface area contributed by atoms with Crippen LogP contribution < -0.4 is 9.64 Å². The molecule has 0 saturated heterocycles. The summed E-state index contributed by atoms with van der Waals surface area (Å²) >= 11 is 0. The van der Waals surface area contributed by atoms with E-state index >= 15 is 0 Å². The Labute approximate surface area is 189 Å². The maximum atomic E-state index is 13.1. The van der Waals surface area contributed by atoms with Gasteiger partial charge in [0.05, 0.1) is 23.1 Å². The topological polar surface area (TPSA) is 71.1 Å². The van der Waals surface area contributed by atoms with Crippen LogP contribution in [0.5, 0.6) is 11.5 Å². The fourth-order valence-corrected chi connectivity index (χ4v) is 3.47. The van der Waals surface area contributed by atoms with Crippen molar-refractivity contribution in [1.82, 2.24) is 15.0 Å². The third-order valence-electron chi connectivity index (χ3n) is 5.25. The Morgan fingerprint density at radius 2 is 1.67 bits per heavy atom. The standard InChI is InChI=1S/C26H19FN4O2/c1-31(26(32)18-7-14-23-24(15-18)29-16-28-23)25-4-2-3-22(30-25)17-5-10-20(11-6-17)33-21-12-8-19(27)9-13-21/h2-16H,1H3,(H,28,29). The molecular formula is C26H19FN4O2. The summed E-state index contributed by atoms with van der Waals surface area (Å²) in [6.45, 7) is 0. The lowest BCUT2D eigenvalue weighted by molar-refractivity contribution is 0.0992. The highest BCUT2D eigenvalue weighted by Gasteiger charge is 2.16. The molecule has 0 bridgehead atoms. The number of benzene rings is 3. The van der Waals surface area contributed by atoms with Gasteiger partial charge >= 0.3 is 0 Å². The Morgan fingerprint density at radius 1 is 0.939 bits per heavy atom. The van der Waals surface area contributed by atoms with E-state index in [2.05, 4.69) is 15.0 Å². The Hall–Kier alpha value is -4.52. The number of H-pyrrole nitrogens is 1. The normalized spacial score (nSPS) is 10.8. The SMILES string of the molecule is CN(C(=O)c1ccc2nc[nH]c2c1)c1cccc(-c2ccc(Oc3ccc(F)cc3)cc2)n1. The van der Waals surface area contributed by atoms with Crippen LogP contribution in [0.25, 0.3) is 22.3 Å². The van der Waals surface area contributed by atoms with Crippen LogP contribution in [0, 0.1) is 5.82 Å². The van der Waals surface area contributed by atoms with E-state index in [4.69, 9.17) is 4.74 Å². The molecule has 2 heterocycles. The summed E-state index contributed by atoms with van der Waals surface area (Å²) in [4.78, 5) is 26.4. The maximum absolute atomic E-state index is 13.1. The summed E-state index contributed by atoms with van der Waals surface area (Å²) in [6.07, 6.45) is 1.60. The first-order valence-electron chi connectivity index (χ1n) is 10.3. The lowest BCUT2D eigenvalue weighted by Crippen LogP contribution is -2.27. The molecule has 6 nitrogen and oxygen atoms in total. The number of aromatic nitrogens is 3. The minimum atomic E-state index is -0.311. The highest BCUT2D eigenvalue weighted by Crippen LogP contribution is 2.26. The van der Waals surface area contributed by atoms with E-state index in [1.165, 1.54) is 17.0 Å². The highest BCUT2D eigenvalue weighted by molar-refractivity contribution is 6.06. The number of pyridine rings is 1. The molecule has 3 aromatic carbocycles. The van der Waals surface area contributed by atoms with Crippen molar-refractivity contribution in [2.75, 3.05) is 11.9 Å². The second-order valence-corrected chi connectivity index (χ2v) is 7.46. The fourth-order valence-electron chi connectivity index (χ4n) is 3.47. The summed E-state index contributed by atoms with van der Waals surface area (Å²) in [5.41, 5.74) is 3.76. The monoisotopic (exact) mass is 438 g/mol. The minimum absolute atomic E-state index is 0.167. The van der Waals surface area contributed by atoms with Gasteiger partial charge in [0.2, 0.25) is 0 Å². The number of halogens is 1. The predicted octanol–water partition coefficient (Wildman–Crippen LogP) is 5.83. The first-order valence-corrected chi connectivity index (χ1v) is 10.3. The van der Waals surface area contributed by atoms with Gasteiger partial charge in [-0.05, 0) is 78.9 Å². The Bertz CT molecular complexity index is 1430. The first kappa shape index (κ1) is 20.4. The van der Waals surface area contributed by atoms with E-state index in [9.17, 15) is 9.18 Å². The van der Waals surface area contributed by atoms with Crippen molar-refractivity contribution in [3.8, 4) is 22.8 Å². The lowest BCUT2D eigenvalue weighted by atomic mass is 10.1. The van der Waals surface area contributed by atoms with Gasteiger partial charge in [-0.25, -0.2) is 14.4 Å². The first-order chi connectivity index (χ1) is 16.1. The average molecular weight is 438 g/mol. The molecule has 33 heavy (non-hydrogen) atoms. The lowest BCUT2D eigenvalue weighted by Gasteiger charge is -2.17. The zero-order valence-corrected chi connectivity index (χ0v) is 17.7. The summed E-state index contributed by atoms with van der Waals surface area (Å²) in [7, 11) is 1.70. The van der Waals surface area contributed by atoms with Gasteiger partial charge in [-0.3, -0.25) is 9.69 Å². The minimum Gasteiger partial charge on any atom is -0.457 e. The van der Waals surface area contributed by atoms with Crippen LogP contribution in [0.3, 0.4) is 0 Å². The second kappa shape index (κ2) is 8.55. The number of ether oxygens (including phenoxy) is 1. The number of fused-ring (bicyclic) bond motifs is 1. The molecule has 0 unspecified atom stereocenters. The van der Waals surface area contributed by atoms with Gasteiger partial charge in [-0.2, -0.15) is 0 Å². The number of nitrogens with zero attached hydrogens (tertiary/aromatic N) is 3. The molecule has 0 saturated carbocycles. The van der Waals surface area contributed by atoms with E-state index in [0.29, 0.717) is 22.9 Å². The van der Waals surface area contributed by atoms with Crippen molar-refractivity contribution < 1.29 is 13.9 Å². The number of carbonyl (C=O) groups excluding carboxylic acids is 1. The summed E-state index contributed by atoms with van der Waals surface area (Å²) in [6, 6.07) is 24.2. The van der Waals surface area contributed by atoms with Gasteiger partial charge in [0.15, 0.2) is 0 Å². The molecule has 0 radical (unpaired) electrons. The number of carbonyl (C=O) groups is 1. The van der Waals surface area contributed by atoms with Crippen LogP contribution in [0.4, 0.5) is 10.2 Å². The molecule has 162 valence electrons. The van der Waals surface area contributed by atoms with Gasteiger partial charge < -0.3 is 9.72 Å². The number of hydrogen-bond acceptors (Lipinski definition) is 4. The van der Waals surface area contributed by atoms with Gasteiger partial charge in [0.25, 0.3) is 5.91 Å². The van der Waals surface area contributed by atoms with Crippen LogP contribution in [0.1, 0.15) is 10.4 Å². The van der Waals surface area contributed by atoms with Gasteiger partial charge in [-0.15, -0.1) is 0 Å². The Kier molecular flexibility index (Phi) is 5.28. The maximum Gasteiger partial charge on any atom is 0.259 e. The molecule has 0 aliphatic carbocycles. The molecule has 5 rings (SSSR count). The molecular weight excluding hydrogens is 419 g/mol. The molecule has 1 N–H and O–H groups in total.